The van der Waals surface area contributed by atoms with Crippen LogP contribution in [0.2, 0.25) is 0 Å². The summed E-state index contributed by atoms with van der Waals surface area (Å²) in [5.41, 5.74) is 0.997. The number of benzene rings is 1. The normalized spacial score (nSPS) is 42.3. The molecule has 128 valence electrons. The van der Waals surface area contributed by atoms with Gasteiger partial charge in [0.2, 0.25) is 5.91 Å². The highest BCUT2D eigenvalue weighted by atomic mass is 79.9. The van der Waals surface area contributed by atoms with Crippen molar-refractivity contribution in [2.75, 3.05) is 6.61 Å². The lowest BCUT2D eigenvalue weighted by Crippen LogP contribution is -2.58. The average Bonchev–Trinajstić information content (AvgIpc) is 2.53. The molecule has 4 bridgehead atoms. The zero-order valence-electron chi connectivity index (χ0n) is 13.9. The molecule has 1 heterocycles. The number of fused-ring (bicyclic) bond motifs is 1. The molecule has 1 aliphatic heterocycles. The molecule has 4 fully saturated rings. The van der Waals surface area contributed by atoms with Gasteiger partial charge in [-0.15, -0.1) is 0 Å². The van der Waals surface area contributed by atoms with E-state index in [4.69, 9.17) is 4.74 Å². The monoisotopic (exact) mass is 389 g/mol. The van der Waals surface area contributed by atoms with Gasteiger partial charge in [0.15, 0.2) is 0 Å². The van der Waals surface area contributed by atoms with Crippen LogP contribution in [0.15, 0.2) is 24.3 Å². The van der Waals surface area contributed by atoms with E-state index in [0.29, 0.717) is 12.5 Å². The van der Waals surface area contributed by atoms with Gasteiger partial charge >= 0.3 is 0 Å². The Hall–Kier alpha value is -1.03. The number of hydrogen-bond acceptors (Lipinski definition) is 2. The molecule has 2 unspecified atom stereocenters. The molecule has 0 saturated heterocycles. The maximum atomic E-state index is 13.3. The van der Waals surface area contributed by atoms with Gasteiger partial charge in [0.25, 0.3) is 0 Å². The number of alkyl halides is 1. The average molecular weight is 390 g/mol. The van der Waals surface area contributed by atoms with Crippen LogP contribution in [0, 0.1) is 17.3 Å². The Balaban J connectivity index is 1.40. The Bertz CT molecular complexity index is 674. The van der Waals surface area contributed by atoms with Crippen molar-refractivity contribution >= 4 is 21.8 Å². The fraction of sp³-hybridized carbons (Fsp3) is 0.650. The second kappa shape index (κ2) is 5.23. The van der Waals surface area contributed by atoms with E-state index in [0.717, 1.165) is 48.8 Å². The second-order valence-corrected chi connectivity index (χ2v) is 10.3. The van der Waals surface area contributed by atoms with Gasteiger partial charge in [0.05, 0.1) is 18.1 Å². The number of carbonyl (C=O) groups is 1. The van der Waals surface area contributed by atoms with E-state index in [1.165, 1.54) is 19.3 Å². The Labute approximate surface area is 151 Å². The van der Waals surface area contributed by atoms with Crippen molar-refractivity contribution in [1.82, 2.24) is 5.32 Å². The number of amides is 1. The lowest BCUT2D eigenvalue weighted by Gasteiger charge is -2.59. The topological polar surface area (TPSA) is 38.3 Å². The summed E-state index contributed by atoms with van der Waals surface area (Å²) in [5, 5.41) is 3.41. The first-order chi connectivity index (χ1) is 11.6. The number of carbonyl (C=O) groups excluding carboxylic acids is 1. The van der Waals surface area contributed by atoms with Crippen LogP contribution >= 0.6 is 15.9 Å². The van der Waals surface area contributed by atoms with E-state index in [2.05, 4.69) is 27.3 Å². The van der Waals surface area contributed by atoms with Gasteiger partial charge in [0.1, 0.15) is 5.75 Å². The summed E-state index contributed by atoms with van der Waals surface area (Å²) in [6.45, 7) is 0.683. The molecular weight excluding hydrogens is 366 g/mol. The van der Waals surface area contributed by atoms with Crippen LogP contribution in [0.3, 0.4) is 0 Å². The molecule has 0 radical (unpaired) electrons. The first-order valence-electron chi connectivity index (χ1n) is 9.27. The highest BCUT2D eigenvalue weighted by Crippen LogP contribution is 2.64. The molecule has 5 aliphatic rings. The van der Waals surface area contributed by atoms with Crippen LogP contribution in [0.1, 0.15) is 56.6 Å². The van der Waals surface area contributed by atoms with Gasteiger partial charge in [-0.2, -0.15) is 0 Å². The van der Waals surface area contributed by atoms with Crippen LogP contribution in [-0.4, -0.2) is 16.8 Å². The molecule has 4 aliphatic carbocycles. The molecule has 1 aromatic carbocycles. The van der Waals surface area contributed by atoms with Crippen molar-refractivity contribution < 1.29 is 9.53 Å². The maximum Gasteiger partial charge on any atom is 0.226 e. The predicted molar refractivity (Wildman–Crippen MR) is 96.2 cm³/mol. The van der Waals surface area contributed by atoms with Crippen molar-refractivity contribution in [3.05, 3.63) is 29.8 Å². The zero-order valence-corrected chi connectivity index (χ0v) is 15.5. The SMILES string of the molecule is O=C(N[C@H]1CCOc2ccccc21)C12C[C@@H]3C[C@@H](CC(Br)(C3)C1)C2. The van der Waals surface area contributed by atoms with Crippen molar-refractivity contribution in [3.8, 4) is 5.75 Å². The van der Waals surface area contributed by atoms with Gasteiger partial charge in [-0.25, -0.2) is 0 Å². The summed E-state index contributed by atoms with van der Waals surface area (Å²) < 4.78 is 5.97. The minimum absolute atomic E-state index is 0.0988. The Morgan fingerprint density at radius 1 is 1.17 bits per heavy atom. The van der Waals surface area contributed by atoms with Crippen molar-refractivity contribution in [3.63, 3.8) is 0 Å². The largest absolute Gasteiger partial charge is 0.493 e. The minimum atomic E-state index is -0.138. The summed E-state index contributed by atoms with van der Waals surface area (Å²) in [7, 11) is 0. The van der Waals surface area contributed by atoms with Gasteiger partial charge in [-0.1, -0.05) is 34.1 Å². The lowest BCUT2D eigenvalue weighted by molar-refractivity contribution is -0.145. The third-order valence-corrected chi connectivity index (χ3v) is 7.66. The number of halogens is 1. The molecule has 1 N–H and O–H groups in total. The first kappa shape index (κ1) is 15.2. The number of hydrogen-bond donors (Lipinski definition) is 1. The van der Waals surface area contributed by atoms with E-state index in [-0.39, 0.29) is 15.8 Å². The minimum Gasteiger partial charge on any atom is -0.493 e. The van der Waals surface area contributed by atoms with Crippen molar-refractivity contribution in [2.24, 2.45) is 17.3 Å². The molecular formula is C20H24BrNO2. The fourth-order valence-corrected chi connectivity index (χ4v) is 7.67. The van der Waals surface area contributed by atoms with Crippen LogP contribution < -0.4 is 10.1 Å². The molecule has 4 heteroatoms. The summed E-state index contributed by atoms with van der Waals surface area (Å²) >= 11 is 4.01. The Morgan fingerprint density at radius 3 is 2.67 bits per heavy atom. The van der Waals surface area contributed by atoms with Gasteiger partial charge in [0, 0.05) is 16.3 Å². The Morgan fingerprint density at radius 2 is 1.92 bits per heavy atom. The number of nitrogens with one attached hydrogen (secondary N) is 1. The molecule has 5 atom stereocenters. The van der Waals surface area contributed by atoms with Gasteiger partial charge in [-0.3, -0.25) is 4.79 Å². The van der Waals surface area contributed by atoms with Crippen molar-refractivity contribution in [1.29, 1.82) is 0 Å². The fourth-order valence-electron chi connectivity index (χ4n) is 6.22. The van der Waals surface area contributed by atoms with E-state index in [1.807, 2.05) is 18.2 Å². The van der Waals surface area contributed by atoms with E-state index in [1.54, 1.807) is 0 Å². The summed E-state index contributed by atoms with van der Waals surface area (Å²) in [6, 6.07) is 8.22. The van der Waals surface area contributed by atoms with Gasteiger partial charge in [-0.05, 0) is 56.4 Å². The summed E-state index contributed by atoms with van der Waals surface area (Å²) in [6.07, 6.45) is 7.93. The number of ether oxygens (including phenoxy) is 1. The molecule has 1 amide bonds. The predicted octanol–water partition coefficient (Wildman–Crippen LogP) is 4.36. The Kier molecular flexibility index (Phi) is 3.32. The van der Waals surface area contributed by atoms with Gasteiger partial charge < -0.3 is 10.1 Å². The second-order valence-electron chi connectivity index (χ2n) is 8.59. The first-order valence-corrected chi connectivity index (χ1v) is 10.1. The van der Waals surface area contributed by atoms with Crippen LogP contribution in [-0.2, 0) is 4.79 Å². The van der Waals surface area contributed by atoms with Crippen molar-refractivity contribution in [2.45, 2.75) is 55.3 Å². The zero-order chi connectivity index (χ0) is 16.4. The summed E-state index contributed by atoms with van der Waals surface area (Å²) in [5.74, 6) is 2.69. The standard InChI is InChI=1S/C20H24BrNO2/c21-20-10-13-7-14(11-20)9-19(8-13,12-20)18(23)22-16-5-6-24-17-4-2-1-3-15(16)17/h1-4,13-14,16H,5-12H2,(H,22,23)/t13-,14+,16-,19?,20?/m0/s1. The van der Waals surface area contributed by atoms with E-state index < -0.39 is 0 Å². The highest BCUT2D eigenvalue weighted by molar-refractivity contribution is 9.10. The molecule has 6 rings (SSSR count). The number of rotatable bonds is 2. The smallest absolute Gasteiger partial charge is 0.226 e. The molecule has 0 spiro atoms. The molecule has 0 aromatic heterocycles. The molecule has 24 heavy (non-hydrogen) atoms. The maximum absolute atomic E-state index is 13.3. The third kappa shape index (κ3) is 2.33. The van der Waals surface area contributed by atoms with Crippen LogP contribution in [0.4, 0.5) is 0 Å². The van der Waals surface area contributed by atoms with Crippen LogP contribution in [0.25, 0.3) is 0 Å². The lowest BCUT2D eigenvalue weighted by atomic mass is 9.49. The quantitative estimate of drug-likeness (QED) is 0.762. The number of para-hydroxylation sites is 1. The third-order valence-electron chi connectivity index (χ3n) is 6.74. The van der Waals surface area contributed by atoms with E-state index in [9.17, 15) is 4.79 Å². The molecule has 4 saturated carbocycles. The molecule has 3 nitrogen and oxygen atoms in total. The molecule has 1 aromatic rings. The highest BCUT2D eigenvalue weighted by Gasteiger charge is 2.59. The summed E-state index contributed by atoms with van der Waals surface area (Å²) in [4.78, 5) is 13.3. The van der Waals surface area contributed by atoms with Crippen LogP contribution in [0.5, 0.6) is 5.75 Å². The van der Waals surface area contributed by atoms with E-state index >= 15 is 0 Å².